The Balaban J connectivity index is 0.947. The molecule has 11 rings (SSSR count). The number of aromatic nitrogens is 4. The average molecular weight is 812 g/mol. The van der Waals surface area contributed by atoms with Crippen molar-refractivity contribution in [3.8, 4) is 45.0 Å². The molecule has 0 bridgehead atoms. The lowest BCUT2D eigenvalue weighted by atomic mass is 9.88. The van der Waals surface area contributed by atoms with Crippen LogP contribution in [0.15, 0.2) is 194 Å². The fourth-order valence-corrected chi connectivity index (χ4v) is 9.15. The quantitative estimate of drug-likeness (QED) is 0.166. The van der Waals surface area contributed by atoms with E-state index in [1.54, 1.807) is 0 Å². The Morgan fingerprint density at radius 2 is 1.24 bits per heavy atom. The Morgan fingerprint density at radius 3 is 2.10 bits per heavy atom. The van der Waals surface area contributed by atoms with Gasteiger partial charge in [-0.05, 0) is 101 Å². The molecule has 0 saturated heterocycles. The maximum Gasteiger partial charge on any atom is 0.160 e. The van der Waals surface area contributed by atoms with Crippen molar-refractivity contribution in [2.45, 2.75) is 32.7 Å². The molecule has 6 aromatic carbocycles. The molecule has 2 atom stereocenters. The van der Waals surface area contributed by atoms with E-state index in [0.717, 1.165) is 90.8 Å². The first-order valence-corrected chi connectivity index (χ1v) is 21.9. The average Bonchev–Trinajstić information content (AvgIpc) is 3.34. The van der Waals surface area contributed by atoms with Crippen molar-refractivity contribution in [2.24, 2.45) is 5.92 Å². The van der Waals surface area contributed by atoms with Crippen LogP contribution in [0.2, 0.25) is 0 Å². The zero-order chi connectivity index (χ0) is 42.3. The van der Waals surface area contributed by atoms with E-state index >= 15 is 0 Å². The maximum absolute atomic E-state index is 5.27. The Kier molecular flexibility index (Phi) is 9.85. The van der Waals surface area contributed by atoms with Crippen LogP contribution in [-0.4, -0.2) is 26.0 Å². The van der Waals surface area contributed by atoms with Crippen LogP contribution in [0.1, 0.15) is 48.2 Å². The fourth-order valence-electron chi connectivity index (χ4n) is 9.15. The smallest absolute Gasteiger partial charge is 0.160 e. The number of allylic oxidation sites excluding steroid dienone is 4. The SMILES string of the molecule is CC1C=C(c2ccc3ccc4c(c3n2)NC(C)C=C4c2cccc(-c3cccc(-c4nc(-c5ccccc5)cc(-c5cccc(Cc6cccc7cccnc67)c5)n4)c3)c2)C=CC1. The number of fused-ring (bicyclic) bond motifs is 4. The van der Waals surface area contributed by atoms with Gasteiger partial charge in [-0.15, -0.1) is 0 Å². The molecule has 2 aliphatic rings. The van der Waals surface area contributed by atoms with Crippen LogP contribution in [0.4, 0.5) is 5.69 Å². The number of hydrogen-bond donors (Lipinski definition) is 1. The van der Waals surface area contributed by atoms with Gasteiger partial charge in [-0.25, -0.2) is 15.0 Å². The van der Waals surface area contributed by atoms with E-state index in [1.807, 2.05) is 18.3 Å². The number of nitrogens with zero attached hydrogens (tertiary/aromatic N) is 4. The predicted octanol–water partition coefficient (Wildman–Crippen LogP) is 14.1. The lowest BCUT2D eigenvalue weighted by Gasteiger charge is -2.26. The van der Waals surface area contributed by atoms with E-state index in [9.17, 15) is 0 Å². The van der Waals surface area contributed by atoms with Crippen molar-refractivity contribution in [1.82, 2.24) is 19.9 Å². The topological polar surface area (TPSA) is 63.6 Å². The molecule has 3 aromatic heterocycles. The minimum Gasteiger partial charge on any atom is -0.377 e. The predicted molar refractivity (Wildman–Crippen MR) is 261 cm³/mol. The molecular formula is C58H45N5. The molecular weight excluding hydrogens is 767 g/mol. The van der Waals surface area contributed by atoms with Crippen molar-refractivity contribution in [3.63, 3.8) is 0 Å². The second kappa shape index (κ2) is 16.3. The summed E-state index contributed by atoms with van der Waals surface area (Å²) in [7, 11) is 0. The minimum atomic E-state index is 0.128. The molecule has 0 saturated carbocycles. The summed E-state index contributed by atoms with van der Waals surface area (Å²) in [6.07, 6.45) is 12.9. The summed E-state index contributed by atoms with van der Waals surface area (Å²) in [5.41, 5.74) is 18.3. The number of pyridine rings is 2. The molecule has 0 amide bonds. The lowest BCUT2D eigenvalue weighted by Crippen LogP contribution is -2.19. The van der Waals surface area contributed by atoms with Gasteiger partial charge in [0.1, 0.15) is 0 Å². The number of rotatable bonds is 8. The molecule has 0 radical (unpaired) electrons. The highest BCUT2D eigenvalue weighted by Crippen LogP contribution is 2.40. The number of anilines is 1. The van der Waals surface area contributed by atoms with Crippen molar-refractivity contribution >= 4 is 38.6 Å². The van der Waals surface area contributed by atoms with Crippen LogP contribution < -0.4 is 5.32 Å². The van der Waals surface area contributed by atoms with Gasteiger partial charge < -0.3 is 5.32 Å². The third kappa shape index (κ3) is 7.63. The van der Waals surface area contributed by atoms with Gasteiger partial charge in [0.05, 0.1) is 33.8 Å². The van der Waals surface area contributed by atoms with Gasteiger partial charge in [-0.1, -0.05) is 159 Å². The first-order chi connectivity index (χ1) is 31.0. The maximum atomic E-state index is 5.27. The van der Waals surface area contributed by atoms with Gasteiger partial charge in [0.2, 0.25) is 0 Å². The van der Waals surface area contributed by atoms with E-state index in [2.05, 4.69) is 195 Å². The van der Waals surface area contributed by atoms with Gasteiger partial charge in [-0.2, -0.15) is 0 Å². The third-order valence-corrected chi connectivity index (χ3v) is 12.3. The van der Waals surface area contributed by atoms with E-state index in [1.165, 1.54) is 27.8 Å². The largest absolute Gasteiger partial charge is 0.377 e. The van der Waals surface area contributed by atoms with E-state index in [-0.39, 0.29) is 6.04 Å². The van der Waals surface area contributed by atoms with Crippen LogP contribution in [0.5, 0.6) is 0 Å². The summed E-state index contributed by atoms with van der Waals surface area (Å²) >= 11 is 0. The van der Waals surface area contributed by atoms with Crippen molar-refractivity contribution in [2.75, 3.05) is 5.32 Å². The van der Waals surface area contributed by atoms with Gasteiger partial charge >= 0.3 is 0 Å². The second-order valence-electron chi connectivity index (χ2n) is 16.9. The van der Waals surface area contributed by atoms with Crippen LogP contribution >= 0.6 is 0 Å². The highest BCUT2D eigenvalue weighted by Gasteiger charge is 2.22. The van der Waals surface area contributed by atoms with Gasteiger partial charge in [-0.3, -0.25) is 4.98 Å². The van der Waals surface area contributed by atoms with Crippen molar-refractivity contribution in [1.29, 1.82) is 0 Å². The Bertz CT molecular complexity index is 3300. The highest BCUT2D eigenvalue weighted by atomic mass is 14.9. The normalized spacial score (nSPS) is 15.7. The molecule has 5 nitrogen and oxygen atoms in total. The Hall–Kier alpha value is -7.76. The van der Waals surface area contributed by atoms with Crippen molar-refractivity contribution < 1.29 is 0 Å². The lowest BCUT2D eigenvalue weighted by molar-refractivity contribution is 0.739. The van der Waals surface area contributed by atoms with Crippen molar-refractivity contribution in [3.05, 3.63) is 222 Å². The van der Waals surface area contributed by atoms with Crippen LogP contribution in [0.25, 0.3) is 78.0 Å². The van der Waals surface area contributed by atoms with Gasteiger partial charge in [0.25, 0.3) is 0 Å². The zero-order valence-corrected chi connectivity index (χ0v) is 35.3. The standard InChI is InChI=1S/C58H45N5/c1-37-12-6-20-46(30-37)52-28-26-42-25-27-50-51(31-38(2)60-57(50)56(42)61-52)45-19-9-17-43(34-45)44-18-10-23-49(35-44)58-62-53(40-14-4-3-5-15-40)36-54(63-58)47-21-7-13-39(32-47)33-48-22-8-16-41-24-11-29-59-55(41)48/h3-11,13-32,34-38,60H,12,33H2,1-2H3. The molecule has 1 N–H and O–H groups in total. The molecule has 63 heavy (non-hydrogen) atoms. The molecule has 5 heteroatoms. The molecule has 1 aliphatic carbocycles. The number of para-hydroxylation sites is 1. The zero-order valence-electron chi connectivity index (χ0n) is 35.3. The summed E-state index contributed by atoms with van der Waals surface area (Å²) in [6, 6.07) is 58.2. The van der Waals surface area contributed by atoms with E-state index < -0.39 is 0 Å². The molecule has 9 aromatic rings. The Labute approximate surface area is 368 Å². The minimum absolute atomic E-state index is 0.128. The first-order valence-electron chi connectivity index (χ1n) is 21.9. The number of nitrogens with one attached hydrogen (secondary N) is 1. The summed E-state index contributed by atoms with van der Waals surface area (Å²) in [5, 5.41) is 6.05. The molecule has 1 aliphatic heterocycles. The summed E-state index contributed by atoms with van der Waals surface area (Å²) in [6.45, 7) is 4.47. The van der Waals surface area contributed by atoms with Gasteiger partial charge in [0, 0.05) is 45.3 Å². The summed E-state index contributed by atoms with van der Waals surface area (Å²) in [5.74, 6) is 1.19. The Morgan fingerprint density at radius 1 is 0.540 bits per heavy atom. The van der Waals surface area contributed by atoms with Crippen LogP contribution in [0, 0.1) is 5.92 Å². The summed E-state index contributed by atoms with van der Waals surface area (Å²) < 4.78 is 0. The number of hydrogen-bond acceptors (Lipinski definition) is 5. The monoisotopic (exact) mass is 811 g/mol. The molecule has 4 heterocycles. The van der Waals surface area contributed by atoms with Gasteiger partial charge in [0.15, 0.2) is 5.82 Å². The highest BCUT2D eigenvalue weighted by molar-refractivity contribution is 6.02. The molecule has 2 unspecified atom stereocenters. The van der Waals surface area contributed by atoms with E-state index in [0.29, 0.717) is 11.7 Å². The van der Waals surface area contributed by atoms with Crippen LogP contribution in [-0.2, 0) is 6.42 Å². The first kappa shape index (κ1) is 38.2. The molecule has 302 valence electrons. The third-order valence-electron chi connectivity index (χ3n) is 12.3. The molecule has 0 fully saturated rings. The van der Waals surface area contributed by atoms with E-state index in [4.69, 9.17) is 19.9 Å². The second-order valence-corrected chi connectivity index (χ2v) is 16.9. The molecule has 0 spiro atoms. The number of benzene rings is 6. The summed E-state index contributed by atoms with van der Waals surface area (Å²) in [4.78, 5) is 20.5. The van der Waals surface area contributed by atoms with Crippen LogP contribution in [0.3, 0.4) is 0 Å². The fraction of sp³-hybridized carbons (Fsp3) is 0.103.